The third-order valence-corrected chi connectivity index (χ3v) is 4.71. The highest BCUT2D eigenvalue weighted by Crippen LogP contribution is 2.16. The predicted octanol–water partition coefficient (Wildman–Crippen LogP) is 0.836. The molecule has 1 atom stereocenters. The van der Waals surface area contributed by atoms with Crippen molar-refractivity contribution in [1.82, 2.24) is 19.5 Å². The lowest BCUT2D eigenvalue weighted by molar-refractivity contribution is 0.185. The summed E-state index contributed by atoms with van der Waals surface area (Å²) in [7, 11) is -2.19. The summed E-state index contributed by atoms with van der Waals surface area (Å²) in [4.78, 5) is 0.0337. The zero-order valence-electron chi connectivity index (χ0n) is 12.8. The maximum Gasteiger partial charge on any atom is 0.241 e. The van der Waals surface area contributed by atoms with E-state index in [-0.39, 0.29) is 10.5 Å². The number of nitrogens with one attached hydrogen (secondary N) is 1. The van der Waals surface area contributed by atoms with Gasteiger partial charge in [-0.25, -0.2) is 13.1 Å². The van der Waals surface area contributed by atoms with Gasteiger partial charge in [0.1, 0.15) is 6.33 Å². The second-order valence-electron chi connectivity index (χ2n) is 4.86. The molecule has 0 radical (unpaired) electrons. The number of hydrogen-bond acceptors (Lipinski definition) is 6. The van der Waals surface area contributed by atoms with Gasteiger partial charge in [-0.1, -0.05) is 6.07 Å². The van der Waals surface area contributed by atoms with E-state index in [1.807, 2.05) is 6.07 Å². The first-order valence-electron chi connectivity index (χ1n) is 6.87. The molecule has 2 rings (SSSR count). The highest BCUT2D eigenvalue weighted by Gasteiger charge is 2.22. The fourth-order valence-electron chi connectivity index (χ4n) is 2.05. The minimum atomic E-state index is -3.77. The lowest BCUT2D eigenvalue weighted by Crippen LogP contribution is -2.29. The second kappa shape index (κ2) is 7.32. The standard InChI is InChI=1S/C14H17N5O3S/c1-11(14-17-16-10-19(14)6-7-22-2)18-23(20,21)13-5-3-4-12(8-13)9-15/h3-5,8,10-11,18H,6-7H2,1-2H3/t11-/m1/s1. The first kappa shape index (κ1) is 17.1. The van der Waals surface area contributed by atoms with E-state index >= 15 is 0 Å². The molecule has 0 aliphatic rings. The Morgan fingerprint density at radius 2 is 2.26 bits per heavy atom. The van der Waals surface area contributed by atoms with Crippen LogP contribution in [0.1, 0.15) is 24.4 Å². The summed E-state index contributed by atoms with van der Waals surface area (Å²) in [6, 6.07) is 7.17. The average Bonchev–Trinajstić information content (AvgIpc) is 3.01. The van der Waals surface area contributed by atoms with Crippen LogP contribution in [0.15, 0.2) is 35.5 Å². The Morgan fingerprint density at radius 3 is 2.96 bits per heavy atom. The third kappa shape index (κ3) is 4.13. The summed E-state index contributed by atoms with van der Waals surface area (Å²) in [5.41, 5.74) is 0.281. The average molecular weight is 335 g/mol. The van der Waals surface area contributed by atoms with Gasteiger partial charge in [0, 0.05) is 13.7 Å². The number of aromatic nitrogens is 3. The molecule has 8 nitrogen and oxygen atoms in total. The maximum absolute atomic E-state index is 12.4. The maximum atomic E-state index is 12.4. The number of benzene rings is 1. The number of hydrogen-bond donors (Lipinski definition) is 1. The van der Waals surface area contributed by atoms with Crippen LogP contribution in [0.3, 0.4) is 0 Å². The van der Waals surface area contributed by atoms with Crippen LogP contribution in [-0.4, -0.2) is 36.9 Å². The smallest absolute Gasteiger partial charge is 0.241 e. The van der Waals surface area contributed by atoms with Crippen LogP contribution in [0, 0.1) is 11.3 Å². The molecule has 0 unspecified atom stereocenters. The van der Waals surface area contributed by atoms with Gasteiger partial charge in [-0.05, 0) is 25.1 Å². The number of methoxy groups -OCH3 is 1. The SMILES string of the molecule is COCCn1cnnc1[C@@H](C)NS(=O)(=O)c1cccc(C#N)c1. The van der Waals surface area contributed by atoms with E-state index in [9.17, 15) is 8.42 Å². The van der Waals surface area contributed by atoms with Crippen molar-refractivity contribution in [3.05, 3.63) is 42.0 Å². The van der Waals surface area contributed by atoms with E-state index in [0.29, 0.717) is 19.0 Å². The Balaban J connectivity index is 2.20. The van der Waals surface area contributed by atoms with Crippen LogP contribution < -0.4 is 4.72 Å². The molecule has 0 fully saturated rings. The van der Waals surface area contributed by atoms with Gasteiger partial charge in [-0.15, -0.1) is 10.2 Å². The molecule has 2 aromatic rings. The zero-order valence-corrected chi connectivity index (χ0v) is 13.6. The van der Waals surface area contributed by atoms with Gasteiger partial charge < -0.3 is 9.30 Å². The Labute approximate surface area is 134 Å². The number of nitrogens with zero attached hydrogens (tertiary/aromatic N) is 4. The minimum Gasteiger partial charge on any atom is -0.383 e. The number of sulfonamides is 1. The third-order valence-electron chi connectivity index (χ3n) is 3.17. The Kier molecular flexibility index (Phi) is 5.44. The molecule has 1 heterocycles. The molecule has 122 valence electrons. The van der Waals surface area contributed by atoms with Crippen LogP contribution in [0.5, 0.6) is 0 Å². The summed E-state index contributed by atoms with van der Waals surface area (Å²) in [6.07, 6.45) is 1.52. The Hall–Kier alpha value is -2.28. The molecule has 1 aromatic heterocycles. The van der Waals surface area contributed by atoms with Crippen molar-refractivity contribution in [2.24, 2.45) is 0 Å². The lowest BCUT2D eigenvalue weighted by atomic mass is 10.2. The molecule has 9 heteroatoms. The molecule has 23 heavy (non-hydrogen) atoms. The molecule has 0 aliphatic carbocycles. The first-order chi connectivity index (χ1) is 11.0. The largest absolute Gasteiger partial charge is 0.383 e. The fourth-order valence-corrected chi connectivity index (χ4v) is 3.29. The highest BCUT2D eigenvalue weighted by atomic mass is 32.2. The summed E-state index contributed by atoms with van der Waals surface area (Å²) in [6.45, 7) is 2.67. The summed E-state index contributed by atoms with van der Waals surface area (Å²) in [5.74, 6) is 0.488. The number of rotatable bonds is 7. The highest BCUT2D eigenvalue weighted by molar-refractivity contribution is 7.89. The molecular weight excluding hydrogens is 318 g/mol. The van der Waals surface area contributed by atoms with Crippen LogP contribution >= 0.6 is 0 Å². The van der Waals surface area contributed by atoms with E-state index in [1.54, 1.807) is 24.7 Å². The van der Waals surface area contributed by atoms with E-state index in [4.69, 9.17) is 10.00 Å². The molecule has 0 bridgehead atoms. The van der Waals surface area contributed by atoms with Crippen molar-refractivity contribution < 1.29 is 13.2 Å². The van der Waals surface area contributed by atoms with Crippen molar-refractivity contribution in [2.45, 2.75) is 24.4 Å². The van der Waals surface area contributed by atoms with Crippen LogP contribution in [0.25, 0.3) is 0 Å². The number of nitriles is 1. The van der Waals surface area contributed by atoms with E-state index in [0.717, 1.165) is 0 Å². The molecular formula is C14H17N5O3S. The molecule has 1 aromatic carbocycles. The van der Waals surface area contributed by atoms with Crippen molar-refractivity contribution >= 4 is 10.0 Å². The van der Waals surface area contributed by atoms with Gasteiger partial charge in [0.25, 0.3) is 0 Å². The molecule has 1 N–H and O–H groups in total. The molecule has 0 amide bonds. The van der Waals surface area contributed by atoms with E-state index < -0.39 is 16.1 Å². The van der Waals surface area contributed by atoms with Crippen molar-refractivity contribution in [1.29, 1.82) is 5.26 Å². The van der Waals surface area contributed by atoms with Crippen LogP contribution in [0.2, 0.25) is 0 Å². The van der Waals surface area contributed by atoms with Crippen molar-refractivity contribution in [3.63, 3.8) is 0 Å². The molecule has 0 saturated heterocycles. The zero-order chi connectivity index (χ0) is 16.9. The van der Waals surface area contributed by atoms with Gasteiger partial charge in [-0.2, -0.15) is 5.26 Å². The topological polar surface area (TPSA) is 110 Å². The summed E-state index contributed by atoms with van der Waals surface area (Å²) in [5, 5.41) is 16.6. The monoisotopic (exact) mass is 335 g/mol. The van der Waals surface area contributed by atoms with Crippen LogP contribution in [0.4, 0.5) is 0 Å². The lowest BCUT2D eigenvalue weighted by Gasteiger charge is -2.15. The van der Waals surface area contributed by atoms with Gasteiger partial charge in [0.15, 0.2) is 5.82 Å². The van der Waals surface area contributed by atoms with Gasteiger partial charge in [0.2, 0.25) is 10.0 Å². The quantitative estimate of drug-likeness (QED) is 0.803. The van der Waals surface area contributed by atoms with E-state index in [1.165, 1.54) is 24.5 Å². The van der Waals surface area contributed by atoms with Gasteiger partial charge in [-0.3, -0.25) is 0 Å². The Morgan fingerprint density at radius 1 is 1.48 bits per heavy atom. The Bertz CT molecular complexity index is 810. The second-order valence-corrected chi connectivity index (χ2v) is 6.57. The molecule has 0 aliphatic heterocycles. The molecule has 0 spiro atoms. The van der Waals surface area contributed by atoms with Crippen LogP contribution in [-0.2, 0) is 21.3 Å². The predicted molar refractivity (Wildman–Crippen MR) is 81.8 cm³/mol. The minimum absolute atomic E-state index is 0.0337. The van der Waals surface area contributed by atoms with E-state index in [2.05, 4.69) is 14.9 Å². The molecule has 0 saturated carbocycles. The van der Waals surface area contributed by atoms with Crippen molar-refractivity contribution in [2.75, 3.05) is 13.7 Å². The van der Waals surface area contributed by atoms with Gasteiger partial charge in [0.05, 0.1) is 29.2 Å². The van der Waals surface area contributed by atoms with Crippen molar-refractivity contribution in [3.8, 4) is 6.07 Å². The normalized spacial score (nSPS) is 12.7. The summed E-state index contributed by atoms with van der Waals surface area (Å²) >= 11 is 0. The van der Waals surface area contributed by atoms with Gasteiger partial charge >= 0.3 is 0 Å². The fraction of sp³-hybridized carbons (Fsp3) is 0.357. The number of ether oxygens (including phenoxy) is 1. The first-order valence-corrected chi connectivity index (χ1v) is 8.35. The summed E-state index contributed by atoms with van der Waals surface area (Å²) < 4.78 is 34.1.